The summed E-state index contributed by atoms with van der Waals surface area (Å²) >= 11 is 0. The van der Waals surface area contributed by atoms with Gasteiger partial charge >= 0.3 is 0 Å². The van der Waals surface area contributed by atoms with Gasteiger partial charge in [0.25, 0.3) is 0 Å². The van der Waals surface area contributed by atoms with Crippen LogP contribution in [0.1, 0.15) is 22.7 Å². The topological polar surface area (TPSA) is 38.0 Å². The number of hydrazine groups is 1. The summed E-state index contributed by atoms with van der Waals surface area (Å²) < 4.78 is 13.6. The Morgan fingerprint density at radius 2 is 1.78 bits per heavy atom. The van der Waals surface area contributed by atoms with Crippen LogP contribution in [-0.2, 0) is 6.42 Å². The van der Waals surface area contributed by atoms with Crippen molar-refractivity contribution < 1.29 is 4.39 Å². The second-order valence-corrected chi connectivity index (χ2v) is 4.37. The molecular weight excluding hydrogens is 227 g/mol. The maximum Gasteiger partial charge on any atom is 0.126 e. The number of benzene rings is 2. The van der Waals surface area contributed by atoms with Gasteiger partial charge in [-0.25, -0.2) is 4.39 Å². The smallest absolute Gasteiger partial charge is 0.126 e. The van der Waals surface area contributed by atoms with Crippen LogP contribution in [-0.4, -0.2) is 0 Å². The summed E-state index contributed by atoms with van der Waals surface area (Å²) in [5.74, 6) is 5.41. The molecule has 0 bridgehead atoms. The maximum atomic E-state index is 13.6. The summed E-state index contributed by atoms with van der Waals surface area (Å²) in [5.41, 5.74) is 5.69. The summed E-state index contributed by atoms with van der Waals surface area (Å²) in [6, 6.07) is 14.7. The summed E-state index contributed by atoms with van der Waals surface area (Å²) in [5, 5.41) is 0. The number of nitrogens with one attached hydrogen (secondary N) is 1. The average molecular weight is 244 g/mol. The Morgan fingerprint density at radius 3 is 2.44 bits per heavy atom. The lowest BCUT2D eigenvalue weighted by molar-refractivity contribution is 0.527. The van der Waals surface area contributed by atoms with Crippen LogP contribution in [0.4, 0.5) is 4.39 Å². The number of nitrogens with two attached hydrogens (primary N) is 1. The van der Waals surface area contributed by atoms with E-state index < -0.39 is 0 Å². The zero-order valence-corrected chi connectivity index (χ0v) is 10.4. The predicted octanol–water partition coefficient (Wildman–Crippen LogP) is 2.88. The zero-order valence-electron chi connectivity index (χ0n) is 10.4. The van der Waals surface area contributed by atoms with Gasteiger partial charge in [-0.3, -0.25) is 11.3 Å². The second kappa shape index (κ2) is 5.76. The molecule has 2 aromatic carbocycles. The molecule has 0 fully saturated rings. The first kappa shape index (κ1) is 12.7. The van der Waals surface area contributed by atoms with Crippen LogP contribution in [0, 0.1) is 12.7 Å². The van der Waals surface area contributed by atoms with E-state index in [0.717, 1.165) is 11.1 Å². The van der Waals surface area contributed by atoms with Gasteiger partial charge in [-0.1, -0.05) is 42.5 Å². The number of rotatable bonds is 4. The molecule has 0 aliphatic rings. The third-order valence-corrected chi connectivity index (χ3v) is 3.15. The van der Waals surface area contributed by atoms with Gasteiger partial charge in [-0.05, 0) is 36.1 Å². The minimum atomic E-state index is -0.189. The predicted molar refractivity (Wildman–Crippen MR) is 71.3 cm³/mol. The molecule has 3 heteroatoms. The van der Waals surface area contributed by atoms with Crippen molar-refractivity contribution >= 4 is 0 Å². The second-order valence-electron chi connectivity index (χ2n) is 4.37. The van der Waals surface area contributed by atoms with Crippen molar-refractivity contribution in [2.75, 3.05) is 0 Å². The minimum absolute atomic E-state index is 0.0805. The van der Waals surface area contributed by atoms with Crippen molar-refractivity contribution in [1.29, 1.82) is 0 Å². The van der Waals surface area contributed by atoms with Gasteiger partial charge in [0.15, 0.2) is 0 Å². The highest BCUT2D eigenvalue weighted by molar-refractivity contribution is 5.30. The van der Waals surface area contributed by atoms with Crippen molar-refractivity contribution in [3.05, 3.63) is 71.0 Å². The molecule has 0 aromatic heterocycles. The summed E-state index contributed by atoms with van der Waals surface area (Å²) in [6.07, 6.45) is 0.536. The first-order chi connectivity index (χ1) is 8.72. The molecule has 0 spiro atoms. The van der Waals surface area contributed by atoms with E-state index in [4.69, 9.17) is 5.84 Å². The third kappa shape index (κ3) is 2.75. The molecule has 0 aliphatic carbocycles. The van der Waals surface area contributed by atoms with Crippen LogP contribution in [0.2, 0.25) is 0 Å². The fourth-order valence-corrected chi connectivity index (χ4v) is 2.12. The Labute approximate surface area is 107 Å². The van der Waals surface area contributed by atoms with Crippen molar-refractivity contribution in [2.24, 2.45) is 5.84 Å². The van der Waals surface area contributed by atoms with Crippen LogP contribution < -0.4 is 11.3 Å². The van der Waals surface area contributed by atoms with Crippen LogP contribution in [0.3, 0.4) is 0 Å². The van der Waals surface area contributed by atoms with Gasteiger partial charge in [0, 0.05) is 0 Å². The Bertz CT molecular complexity index is 525. The monoisotopic (exact) mass is 244 g/mol. The SMILES string of the molecule is Cc1ccccc1C(Cc1ccccc1F)NN. The van der Waals surface area contributed by atoms with E-state index in [9.17, 15) is 4.39 Å². The molecule has 0 saturated heterocycles. The van der Waals surface area contributed by atoms with Crippen molar-refractivity contribution in [3.8, 4) is 0 Å². The van der Waals surface area contributed by atoms with Gasteiger partial charge in [0.1, 0.15) is 5.82 Å². The van der Waals surface area contributed by atoms with Gasteiger partial charge in [-0.15, -0.1) is 0 Å². The molecule has 1 atom stereocenters. The molecule has 0 saturated carbocycles. The average Bonchev–Trinajstić information content (AvgIpc) is 2.39. The van der Waals surface area contributed by atoms with Gasteiger partial charge < -0.3 is 0 Å². The number of hydrogen-bond donors (Lipinski definition) is 2. The van der Waals surface area contributed by atoms with Gasteiger partial charge in [0.2, 0.25) is 0 Å². The Hall–Kier alpha value is -1.71. The van der Waals surface area contributed by atoms with Gasteiger partial charge in [0.05, 0.1) is 6.04 Å². The van der Waals surface area contributed by atoms with Crippen molar-refractivity contribution in [1.82, 2.24) is 5.43 Å². The zero-order chi connectivity index (χ0) is 13.0. The molecule has 0 amide bonds. The van der Waals surface area contributed by atoms with E-state index in [1.807, 2.05) is 37.3 Å². The lowest BCUT2D eigenvalue weighted by Gasteiger charge is -2.18. The standard InChI is InChI=1S/C15H17FN2/c1-11-6-2-4-8-13(11)15(18-17)10-12-7-3-5-9-14(12)16/h2-9,15,18H,10,17H2,1H3. The van der Waals surface area contributed by atoms with E-state index in [0.29, 0.717) is 12.0 Å². The highest BCUT2D eigenvalue weighted by Gasteiger charge is 2.14. The molecule has 18 heavy (non-hydrogen) atoms. The summed E-state index contributed by atoms with van der Waals surface area (Å²) in [4.78, 5) is 0. The Balaban J connectivity index is 2.26. The fourth-order valence-electron chi connectivity index (χ4n) is 2.12. The van der Waals surface area contributed by atoms with Gasteiger partial charge in [-0.2, -0.15) is 0 Å². The Kier molecular flexibility index (Phi) is 4.07. The van der Waals surface area contributed by atoms with E-state index in [1.54, 1.807) is 12.1 Å². The molecule has 2 nitrogen and oxygen atoms in total. The number of halogens is 1. The van der Waals surface area contributed by atoms with Crippen molar-refractivity contribution in [2.45, 2.75) is 19.4 Å². The van der Waals surface area contributed by atoms with E-state index >= 15 is 0 Å². The number of hydrogen-bond acceptors (Lipinski definition) is 2. The van der Waals surface area contributed by atoms with Crippen molar-refractivity contribution in [3.63, 3.8) is 0 Å². The number of aryl methyl sites for hydroxylation is 1. The molecule has 2 rings (SSSR count). The van der Waals surface area contributed by atoms with Crippen LogP contribution in [0.15, 0.2) is 48.5 Å². The minimum Gasteiger partial charge on any atom is -0.271 e. The summed E-state index contributed by atoms with van der Waals surface area (Å²) in [7, 11) is 0. The van der Waals surface area contributed by atoms with Crippen LogP contribution in [0.25, 0.3) is 0 Å². The summed E-state index contributed by atoms with van der Waals surface area (Å²) in [6.45, 7) is 2.03. The molecule has 0 heterocycles. The van der Waals surface area contributed by atoms with Crippen LogP contribution >= 0.6 is 0 Å². The highest BCUT2D eigenvalue weighted by Crippen LogP contribution is 2.22. The molecule has 94 valence electrons. The molecular formula is C15H17FN2. The molecule has 0 radical (unpaired) electrons. The highest BCUT2D eigenvalue weighted by atomic mass is 19.1. The molecule has 1 unspecified atom stereocenters. The quantitative estimate of drug-likeness (QED) is 0.641. The largest absolute Gasteiger partial charge is 0.271 e. The van der Waals surface area contributed by atoms with Crippen LogP contribution in [0.5, 0.6) is 0 Å². The Morgan fingerprint density at radius 1 is 1.11 bits per heavy atom. The lowest BCUT2D eigenvalue weighted by atomic mass is 9.96. The van der Waals surface area contributed by atoms with E-state index in [2.05, 4.69) is 5.43 Å². The molecule has 0 aliphatic heterocycles. The first-order valence-electron chi connectivity index (χ1n) is 5.97. The van der Waals surface area contributed by atoms with E-state index in [-0.39, 0.29) is 11.9 Å². The first-order valence-corrected chi connectivity index (χ1v) is 5.97. The lowest BCUT2D eigenvalue weighted by Crippen LogP contribution is -2.30. The molecule has 2 aromatic rings. The normalized spacial score (nSPS) is 12.4. The fraction of sp³-hybridized carbons (Fsp3) is 0.200. The maximum absolute atomic E-state index is 13.6. The molecule has 3 N–H and O–H groups in total. The van der Waals surface area contributed by atoms with E-state index in [1.165, 1.54) is 6.07 Å². The third-order valence-electron chi connectivity index (χ3n) is 3.15.